The van der Waals surface area contributed by atoms with Crippen LogP contribution >= 0.6 is 0 Å². The maximum absolute atomic E-state index is 13.4. The molecule has 4 rings (SSSR count). The summed E-state index contributed by atoms with van der Waals surface area (Å²) in [4.78, 5) is 65.6. The zero-order valence-corrected chi connectivity index (χ0v) is 29.2. The highest BCUT2D eigenvalue weighted by atomic mass is 16.7. The Morgan fingerprint density at radius 3 is 2.42 bits per heavy atom. The number of ether oxygens (including phenoxy) is 4. The molecule has 15 heteroatoms. The van der Waals surface area contributed by atoms with Crippen LogP contribution in [-0.2, 0) is 51.2 Å². The van der Waals surface area contributed by atoms with Crippen molar-refractivity contribution < 1.29 is 58.2 Å². The molecule has 50 heavy (non-hydrogen) atoms. The number of benzene rings is 1. The second-order valence-corrected chi connectivity index (χ2v) is 13.8. The third-order valence-electron chi connectivity index (χ3n) is 8.89. The van der Waals surface area contributed by atoms with Crippen molar-refractivity contribution >= 4 is 29.6 Å². The summed E-state index contributed by atoms with van der Waals surface area (Å²) < 4.78 is 22.5. The number of rotatable bonds is 15. The highest BCUT2D eigenvalue weighted by molar-refractivity contribution is 6.15. The van der Waals surface area contributed by atoms with Crippen LogP contribution in [0.5, 0.6) is 5.75 Å². The molecule has 7 atom stereocenters. The fourth-order valence-electron chi connectivity index (χ4n) is 6.00. The predicted octanol–water partition coefficient (Wildman–Crippen LogP) is 0.352. The molecule has 0 saturated carbocycles. The number of hydrogen-bond donors (Lipinski definition) is 4. The van der Waals surface area contributed by atoms with E-state index >= 15 is 0 Å². The second kappa shape index (κ2) is 16.9. The number of nitrogens with one attached hydrogen (secondary N) is 1. The van der Waals surface area contributed by atoms with Gasteiger partial charge in [0.05, 0.1) is 30.7 Å². The van der Waals surface area contributed by atoms with Crippen molar-refractivity contribution in [3.8, 4) is 5.75 Å². The van der Waals surface area contributed by atoms with E-state index in [0.29, 0.717) is 38.0 Å². The lowest BCUT2D eigenvalue weighted by Crippen LogP contribution is -2.54. The number of hydrogen-bond acceptors (Lipinski definition) is 12. The van der Waals surface area contributed by atoms with Gasteiger partial charge in [0, 0.05) is 37.3 Å². The van der Waals surface area contributed by atoms with Crippen LogP contribution in [0.1, 0.15) is 65.0 Å². The fraction of sp³-hybridized carbons (Fsp3) is 0.629. The first-order chi connectivity index (χ1) is 23.6. The van der Waals surface area contributed by atoms with Gasteiger partial charge in [0.15, 0.2) is 0 Å². The molecule has 2 saturated heterocycles. The van der Waals surface area contributed by atoms with E-state index in [1.807, 2.05) is 13.0 Å². The van der Waals surface area contributed by atoms with Crippen molar-refractivity contribution in [2.75, 3.05) is 26.3 Å². The van der Waals surface area contributed by atoms with E-state index in [0.717, 1.165) is 22.6 Å². The number of aryl methyl sites for hydroxylation is 1. The second-order valence-electron chi connectivity index (χ2n) is 13.8. The zero-order valence-electron chi connectivity index (χ0n) is 29.2. The first-order valence-corrected chi connectivity index (χ1v) is 17.0. The maximum atomic E-state index is 13.4. The van der Waals surface area contributed by atoms with Crippen molar-refractivity contribution in [1.29, 1.82) is 0 Å². The number of esters is 1. The number of aliphatic hydroxyl groups is 3. The fourth-order valence-corrected chi connectivity index (χ4v) is 6.00. The van der Waals surface area contributed by atoms with Crippen molar-refractivity contribution in [2.45, 2.75) is 110 Å². The minimum Gasteiger partial charge on any atom is -0.462 e. The molecular formula is C35H49N3O12. The van der Waals surface area contributed by atoms with Gasteiger partial charge < -0.3 is 44.5 Å². The molecule has 4 N–H and O–H groups in total. The summed E-state index contributed by atoms with van der Waals surface area (Å²) in [5, 5.41) is 33.2. The number of aliphatic hydroxyl groups excluding tert-OH is 3. The SMILES string of the molecule is CCOC(C)[C@@H]1C[C@H](N2C(=O)C=CC2=O)C(=O)N1CC(=O)NCCCCc1ccc(COC(=O)C(C)(C)C)c(OC2OC[C@@H](O)[C@H](O)[C@H]2O)c1. The smallest absolute Gasteiger partial charge is 0.311 e. The lowest BCUT2D eigenvalue weighted by molar-refractivity contribution is -0.242. The van der Waals surface area contributed by atoms with Crippen LogP contribution in [0.3, 0.4) is 0 Å². The molecule has 3 aliphatic heterocycles. The molecule has 1 aromatic carbocycles. The average Bonchev–Trinajstić information content (AvgIpc) is 3.56. The Morgan fingerprint density at radius 1 is 1.06 bits per heavy atom. The number of imide groups is 1. The van der Waals surface area contributed by atoms with Crippen LogP contribution in [0.4, 0.5) is 0 Å². The Balaban J connectivity index is 1.33. The molecule has 0 spiro atoms. The van der Waals surface area contributed by atoms with Gasteiger partial charge in [0.2, 0.25) is 18.1 Å². The van der Waals surface area contributed by atoms with Gasteiger partial charge in [-0.15, -0.1) is 0 Å². The van der Waals surface area contributed by atoms with Gasteiger partial charge in [-0.25, -0.2) is 0 Å². The van der Waals surface area contributed by atoms with E-state index in [1.54, 1.807) is 39.8 Å². The molecular weight excluding hydrogens is 654 g/mol. The van der Waals surface area contributed by atoms with E-state index in [1.165, 1.54) is 4.90 Å². The molecule has 0 aliphatic carbocycles. The van der Waals surface area contributed by atoms with E-state index < -0.39 is 71.9 Å². The van der Waals surface area contributed by atoms with Gasteiger partial charge in [0.1, 0.15) is 36.7 Å². The number of nitrogens with zero attached hydrogens (tertiary/aromatic N) is 2. The van der Waals surface area contributed by atoms with E-state index in [-0.39, 0.29) is 37.8 Å². The Morgan fingerprint density at radius 2 is 1.76 bits per heavy atom. The summed E-state index contributed by atoms with van der Waals surface area (Å²) >= 11 is 0. The molecule has 1 aromatic rings. The quantitative estimate of drug-likeness (QED) is 0.111. The van der Waals surface area contributed by atoms with E-state index in [9.17, 15) is 39.3 Å². The maximum Gasteiger partial charge on any atom is 0.311 e. The standard InChI is InChI=1S/C35H49N3O12/c1-6-47-20(2)23-16-24(38-28(41)12-13-29(38)42)32(45)37(23)17-27(40)36-14-8-7-9-21-10-11-22(18-49-34(46)35(3,4)5)26(15-21)50-33-31(44)30(43)25(39)19-48-33/h10-13,15,20,23-25,30-31,33,39,43-44H,6-9,14,16-19H2,1-5H3,(H,36,40)/t20?,23-,24-,25+,30-,31+,33?/m0/s1. The topological polar surface area (TPSA) is 201 Å². The van der Waals surface area contributed by atoms with Crippen molar-refractivity contribution in [3.05, 3.63) is 41.5 Å². The van der Waals surface area contributed by atoms with E-state index in [4.69, 9.17) is 18.9 Å². The Kier molecular flexibility index (Phi) is 13.1. The number of carbonyl (C=O) groups excluding carboxylic acids is 5. The minimum atomic E-state index is -1.52. The molecule has 4 amide bonds. The van der Waals surface area contributed by atoms with Crippen molar-refractivity contribution in [1.82, 2.24) is 15.1 Å². The Bertz CT molecular complexity index is 1420. The first-order valence-electron chi connectivity index (χ1n) is 17.0. The van der Waals surface area contributed by atoms with Crippen LogP contribution < -0.4 is 10.1 Å². The normalized spacial score (nSPS) is 26.0. The van der Waals surface area contributed by atoms with Gasteiger partial charge in [-0.1, -0.05) is 12.1 Å². The molecule has 0 aromatic heterocycles. The van der Waals surface area contributed by atoms with Gasteiger partial charge in [0.25, 0.3) is 11.8 Å². The molecule has 0 bridgehead atoms. The van der Waals surface area contributed by atoms with Gasteiger partial charge in [-0.3, -0.25) is 28.9 Å². The average molecular weight is 704 g/mol. The third kappa shape index (κ3) is 9.46. The third-order valence-corrected chi connectivity index (χ3v) is 8.89. The highest BCUT2D eigenvalue weighted by Gasteiger charge is 2.49. The molecule has 0 radical (unpaired) electrons. The van der Waals surface area contributed by atoms with Gasteiger partial charge in [-0.2, -0.15) is 0 Å². The molecule has 15 nitrogen and oxygen atoms in total. The predicted molar refractivity (Wildman–Crippen MR) is 176 cm³/mol. The van der Waals surface area contributed by atoms with Crippen LogP contribution in [0.2, 0.25) is 0 Å². The Labute approximate surface area is 291 Å². The summed E-state index contributed by atoms with van der Waals surface area (Å²) in [7, 11) is 0. The number of likely N-dealkylation sites (tertiary alicyclic amines) is 1. The summed E-state index contributed by atoms with van der Waals surface area (Å²) in [6, 6.07) is 3.82. The lowest BCUT2D eigenvalue weighted by atomic mass is 9.97. The largest absolute Gasteiger partial charge is 0.462 e. The molecule has 2 unspecified atom stereocenters. The van der Waals surface area contributed by atoms with Gasteiger partial charge in [-0.05, 0) is 65.5 Å². The van der Waals surface area contributed by atoms with Crippen LogP contribution in [-0.4, -0.2) is 124 Å². The molecule has 276 valence electrons. The van der Waals surface area contributed by atoms with Crippen LogP contribution in [0.15, 0.2) is 30.4 Å². The monoisotopic (exact) mass is 703 g/mol. The molecule has 3 heterocycles. The van der Waals surface area contributed by atoms with Gasteiger partial charge >= 0.3 is 5.97 Å². The zero-order chi connectivity index (χ0) is 36.7. The lowest BCUT2D eigenvalue weighted by Gasteiger charge is -2.35. The summed E-state index contributed by atoms with van der Waals surface area (Å²) in [6.45, 7) is 8.95. The van der Waals surface area contributed by atoms with Crippen LogP contribution in [0.25, 0.3) is 0 Å². The van der Waals surface area contributed by atoms with Crippen molar-refractivity contribution in [3.63, 3.8) is 0 Å². The minimum absolute atomic E-state index is 0.0995. The number of carbonyl (C=O) groups is 5. The van der Waals surface area contributed by atoms with E-state index in [2.05, 4.69) is 5.32 Å². The van der Waals surface area contributed by atoms with Crippen molar-refractivity contribution in [2.24, 2.45) is 5.41 Å². The number of unbranched alkanes of at least 4 members (excludes halogenated alkanes) is 1. The summed E-state index contributed by atoms with van der Waals surface area (Å²) in [6.07, 6.45) is -1.66. The summed E-state index contributed by atoms with van der Waals surface area (Å²) in [5.41, 5.74) is 0.645. The summed E-state index contributed by atoms with van der Waals surface area (Å²) in [5.74, 6) is -2.11. The first kappa shape index (κ1) is 38.9. The van der Waals surface area contributed by atoms with Crippen LogP contribution in [0, 0.1) is 5.41 Å². The number of amides is 4. The highest BCUT2D eigenvalue weighted by Crippen LogP contribution is 2.30. The molecule has 3 aliphatic rings. The molecule has 2 fully saturated rings. The Hall–Kier alpha value is -3.89.